The number of aromatic hydroxyl groups is 1. The van der Waals surface area contributed by atoms with E-state index in [1.54, 1.807) is 54.7 Å². The summed E-state index contributed by atoms with van der Waals surface area (Å²) in [5.74, 6) is 6.14. The topological polar surface area (TPSA) is 89.4 Å². The molecule has 0 unspecified atom stereocenters. The van der Waals surface area contributed by atoms with Crippen molar-refractivity contribution in [3.8, 4) is 28.8 Å². The highest BCUT2D eigenvalue weighted by Gasteiger charge is 2.29. The zero-order valence-corrected chi connectivity index (χ0v) is 17.9. The van der Waals surface area contributed by atoms with Crippen molar-refractivity contribution < 1.29 is 21.1 Å². The number of aryl methyl sites for hydroxylation is 1. The molecule has 0 saturated carbocycles. The van der Waals surface area contributed by atoms with Gasteiger partial charge in [0.25, 0.3) is 0 Å². The third-order valence-electron chi connectivity index (χ3n) is 5.21. The zero-order chi connectivity index (χ0) is 21.8. The molecule has 1 aliphatic heterocycles. The number of rotatable bonds is 3. The average Bonchev–Trinajstić information content (AvgIpc) is 2.79. The Labute approximate surface area is 184 Å². The summed E-state index contributed by atoms with van der Waals surface area (Å²) in [4.78, 5) is 9.29. The number of ether oxygens (including phenoxy) is 1. The maximum Gasteiger partial charge on any atom is 0.181 e. The van der Waals surface area contributed by atoms with Crippen molar-refractivity contribution in [3.05, 3.63) is 71.7 Å². The van der Waals surface area contributed by atoms with Crippen LogP contribution >= 0.6 is 0 Å². The molecule has 1 aromatic heterocycles. The van der Waals surface area contributed by atoms with Crippen LogP contribution in [-0.4, -0.2) is 42.0 Å². The number of sulfone groups is 1. The van der Waals surface area contributed by atoms with E-state index in [1.807, 2.05) is 6.92 Å². The lowest BCUT2D eigenvalue weighted by Gasteiger charge is -2.22. The molecule has 4 rings (SSSR count). The highest BCUT2D eigenvalue weighted by Crippen LogP contribution is 2.26. The summed E-state index contributed by atoms with van der Waals surface area (Å²) < 4.78 is 31.0. The van der Waals surface area contributed by atoms with Crippen LogP contribution in [0.1, 0.15) is 32.6 Å². The molecule has 6 nitrogen and oxygen atoms in total. The van der Waals surface area contributed by atoms with Gasteiger partial charge >= 0.3 is 0 Å². The van der Waals surface area contributed by atoms with Gasteiger partial charge in [-0.15, -0.1) is 0 Å². The molecule has 1 fully saturated rings. The van der Waals surface area contributed by atoms with E-state index in [9.17, 15) is 13.5 Å². The monoisotopic (exact) mass is 438 g/mol. The number of hydrogen-bond acceptors (Lipinski definition) is 6. The first-order valence-electron chi connectivity index (χ1n) is 10.0. The van der Waals surface area contributed by atoms with Gasteiger partial charge < -0.3 is 9.84 Å². The minimum atomic E-state index is -3.38. The standard InChI is InChI=1S/C24H22N2O4S.2H2/c1-17-23(10-5-18-3-2-4-20(27)15-18)26-24(16-25-17)19-6-8-21(9-7-19)31(28,29)22-11-13-30-14-12-22;;/h2-4,6-9,15-16,22,27H,11-14H2,1H3;2*1H. The quantitative estimate of drug-likeness (QED) is 0.622. The lowest BCUT2D eigenvalue weighted by Crippen LogP contribution is -2.28. The Kier molecular flexibility index (Phi) is 6.03. The molecule has 31 heavy (non-hydrogen) atoms. The van der Waals surface area contributed by atoms with E-state index in [-0.39, 0.29) is 8.60 Å². The molecule has 2 heterocycles. The number of nitrogens with zero attached hydrogens (tertiary/aromatic N) is 2. The number of benzene rings is 2. The normalized spacial score (nSPS) is 14.6. The van der Waals surface area contributed by atoms with E-state index >= 15 is 0 Å². The Hall–Kier alpha value is -3.21. The summed E-state index contributed by atoms with van der Waals surface area (Å²) in [5.41, 5.74) is 3.27. The summed E-state index contributed by atoms with van der Waals surface area (Å²) in [6.07, 6.45) is 2.69. The fourth-order valence-electron chi connectivity index (χ4n) is 3.42. The molecular formula is C24H26N2O4S. The van der Waals surface area contributed by atoms with Crippen molar-refractivity contribution in [3.63, 3.8) is 0 Å². The van der Waals surface area contributed by atoms with Crippen LogP contribution < -0.4 is 0 Å². The van der Waals surface area contributed by atoms with Crippen molar-refractivity contribution >= 4 is 9.84 Å². The van der Waals surface area contributed by atoms with Gasteiger partial charge in [0.05, 0.1) is 27.7 Å². The molecule has 0 spiro atoms. The molecule has 0 amide bonds. The second kappa shape index (κ2) is 8.88. The molecule has 1 aliphatic rings. The Morgan fingerprint density at radius 3 is 2.55 bits per heavy atom. The number of aromatic nitrogens is 2. The average molecular weight is 439 g/mol. The second-order valence-electron chi connectivity index (χ2n) is 7.37. The largest absolute Gasteiger partial charge is 0.508 e. The number of hydrogen-bond donors (Lipinski definition) is 1. The third-order valence-corrected chi connectivity index (χ3v) is 7.49. The first-order chi connectivity index (χ1) is 14.9. The van der Waals surface area contributed by atoms with Gasteiger partial charge in [-0.05, 0) is 56.0 Å². The first-order valence-corrected chi connectivity index (χ1v) is 11.5. The minimum absolute atomic E-state index is 0. The van der Waals surface area contributed by atoms with Gasteiger partial charge in [0.1, 0.15) is 11.4 Å². The molecule has 0 bridgehead atoms. The lowest BCUT2D eigenvalue weighted by atomic mass is 10.1. The van der Waals surface area contributed by atoms with Crippen LogP contribution in [0.2, 0.25) is 0 Å². The van der Waals surface area contributed by atoms with Crippen LogP contribution in [0.15, 0.2) is 59.6 Å². The Morgan fingerprint density at radius 2 is 1.84 bits per heavy atom. The predicted octanol–water partition coefficient (Wildman–Crippen LogP) is 4.00. The van der Waals surface area contributed by atoms with Crippen LogP contribution in [0.4, 0.5) is 0 Å². The predicted molar refractivity (Wildman–Crippen MR) is 122 cm³/mol. The van der Waals surface area contributed by atoms with Gasteiger partial charge in [0, 0.05) is 27.2 Å². The molecule has 162 valence electrons. The number of phenolic OH excluding ortho intramolecular Hbond substituents is 1. The van der Waals surface area contributed by atoms with E-state index in [0.29, 0.717) is 53.6 Å². The van der Waals surface area contributed by atoms with Crippen molar-refractivity contribution in [1.29, 1.82) is 0 Å². The van der Waals surface area contributed by atoms with Crippen molar-refractivity contribution in [2.45, 2.75) is 29.9 Å². The van der Waals surface area contributed by atoms with E-state index in [4.69, 9.17) is 4.74 Å². The van der Waals surface area contributed by atoms with Gasteiger partial charge in [-0.1, -0.05) is 24.1 Å². The molecule has 3 aromatic rings. The van der Waals surface area contributed by atoms with E-state index in [1.165, 1.54) is 0 Å². The highest BCUT2D eigenvalue weighted by molar-refractivity contribution is 7.92. The molecule has 0 aliphatic carbocycles. The van der Waals surface area contributed by atoms with E-state index in [0.717, 1.165) is 5.56 Å². The second-order valence-corrected chi connectivity index (χ2v) is 9.60. The van der Waals surface area contributed by atoms with Gasteiger partial charge in [0.2, 0.25) is 0 Å². The molecular weight excluding hydrogens is 412 g/mol. The summed E-state index contributed by atoms with van der Waals surface area (Å²) in [7, 11) is -3.38. The van der Waals surface area contributed by atoms with Crippen molar-refractivity contribution in [2.24, 2.45) is 0 Å². The molecule has 1 N–H and O–H groups in total. The Balaban J connectivity index is 0.00000193. The van der Waals surface area contributed by atoms with Gasteiger partial charge in [0.15, 0.2) is 9.84 Å². The number of phenols is 1. The van der Waals surface area contributed by atoms with Gasteiger partial charge in [-0.2, -0.15) is 0 Å². The maximum absolute atomic E-state index is 12.9. The van der Waals surface area contributed by atoms with Gasteiger partial charge in [-0.3, -0.25) is 4.98 Å². The summed E-state index contributed by atoms with van der Waals surface area (Å²) in [6, 6.07) is 13.4. The Morgan fingerprint density at radius 1 is 1.10 bits per heavy atom. The summed E-state index contributed by atoms with van der Waals surface area (Å²) in [5, 5.41) is 9.18. The SMILES string of the molecule is Cc1ncc(-c2ccc(S(=O)(=O)C3CCOCC3)cc2)nc1C#Cc1cccc(O)c1.[HH].[HH]. The third kappa shape index (κ3) is 4.76. The molecule has 7 heteroatoms. The lowest BCUT2D eigenvalue weighted by molar-refractivity contribution is 0.0983. The molecule has 2 aromatic carbocycles. The highest BCUT2D eigenvalue weighted by atomic mass is 32.2. The van der Waals surface area contributed by atoms with Crippen LogP contribution in [-0.2, 0) is 14.6 Å². The smallest absolute Gasteiger partial charge is 0.181 e. The van der Waals surface area contributed by atoms with E-state index < -0.39 is 15.1 Å². The fourth-order valence-corrected chi connectivity index (χ4v) is 5.13. The molecule has 0 radical (unpaired) electrons. The first kappa shape index (κ1) is 21.0. The fraction of sp³-hybridized carbons (Fsp3) is 0.250. The van der Waals surface area contributed by atoms with Crippen LogP contribution in [0.25, 0.3) is 11.3 Å². The van der Waals surface area contributed by atoms with Gasteiger partial charge in [-0.25, -0.2) is 13.4 Å². The Bertz CT molecular complexity index is 1260. The van der Waals surface area contributed by atoms with Crippen molar-refractivity contribution in [1.82, 2.24) is 9.97 Å². The van der Waals surface area contributed by atoms with Crippen LogP contribution in [0.5, 0.6) is 5.75 Å². The summed E-state index contributed by atoms with van der Waals surface area (Å²) in [6.45, 7) is 2.79. The zero-order valence-electron chi connectivity index (χ0n) is 17.1. The molecule has 1 saturated heterocycles. The maximum atomic E-state index is 12.9. The van der Waals surface area contributed by atoms with Crippen LogP contribution in [0, 0.1) is 18.8 Å². The molecule has 0 atom stereocenters. The minimum Gasteiger partial charge on any atom is -0.508 e. The van der Waals surface area contributed by atoms with Crippen molar-refractivity contribution in [2.75, 3.05) is 13.2 Å². The van der Waals surface area contributed by atoms with E-state index in [2.05, 4.69) is 21.8 Å². The van der Waals surface area contributed by atoms with Crippen LogP contribution in [0.3, 0.4) is 0 Å². The summed E-state index contributed by atoms with van der Waals surface area (Å²) >= 11 is 0.